The maximum Gasteiger partial charge on any atom is 0.414 e. The summed E-state index contributed by atoms with van der Waals surface area (Å²) >= 11 is 5.99. The van der Waals surface area contributed by atoms with E-state index in [2.05, 4.69) is 22.3 Å². The van der Waals surface area contributed by atoms with Gasteiger partial charge in [0.25, 0.3) is 0 Å². The number of hydrogen-bond donors (Lipinski definition) is 3. The van der Waals surface area contributed by atoms with Crippen molar-refractivity contribution in [1.29, 1.82) is 0 Å². The summed E-state index contributed by atoms with van der Waals surface area (Å²) in [7, 11) is 2.05. The molecule has 1 aromatic rings. The highest BCUT2D eigenvalue weighted by Crippen LogP contribution is 2.34. The fourth-order valence-electron chi connectivity index (χ4n) is 2.21. The number of ether oxygens (including phenoxy) is 1. The van der Waals surface area contributed by atoms with Crippen molar-refractivity contribution in [3.63, 3.8) is 0 Å². The summed E-state index contributed by atoms with van der Waals surface area (Å²) in [5.74, 6) is -1.87. The molecule has 3 rings (SSSR count). The van der Waals surface area contributed by atoms with Gasteiger partial charge in [-0.25, -0.2) is 9.59 Å². The van der Waals surface area contributed by atoms with Gasteiger partial charge in [0.2, 0.25) is 0 Å². The molecule has 1 aromatic carbocycles. The number of nitrogens with one attached hydrogen (secondary N) is 1. The van der Waals surface area contributed by atoms with Crippen molar-refractivity contribution in [3.05, 3.63) is 23.2 Å². The first-order valence-corrected chi connectivity index (χ1v) is 7.18. The molecule has 0 aromatic heterocycles. The van der Waals surface area contributed by atoms with Crippen LogP contribution in [0.15, 0.2) is 23.2 Å². The van der Waals surface area contributed by atoms with E-state index in [-0.39, 0.29) is 6.10 Å². The minimum Gasteiger partial charge on any atom is -0.478 e. The van der Waals surface area contributed by atoms with Gasteiger partial charge in [-0.1, -0.05) is 11.6 Å². The van der Waals surface area contributed by atoms with E-state index in [1.807, 2.05) is 18.2 Å². The number of hydrogen-bond acceptors (Lipinski definition) is 6. The molecule has 0 fully saturated rings. The number of aliphatic carboxylic acids is 2. The molecule has 0 saturated heterocycles. The molecule has 124 valence electrons. The van der Waals surface area contributed by atoms with Crippen LogP contribution < -0.4 is 15.0 Å². The molecule has 2 aliphatic rings. The van der Waals surface area contributed by atoms with E-state index in [4.69, 9.17) is 36.1 Å². The first kappa shape index (κ1) is 16.9. The van der Waals surface area contributed by atoms with E-state index in [0.29, 0.717) is 5.02 Å². The molecule has 0 spiro atoms. The van der Waals surface area contributed by atoms with Crippen LogP contribution in [-0.4, -0.2) is 60.8 Å². The average Bonchev–Trinajstić information content (AvgIpc) is 3.01. The molecule has 2 heterocycles. The summed E-state index contributed by atoms with van der Waals surface area (Å²) in [5, 5.41) is 18.7. The van der Waals surface area contributed by atoms with Crippen molar-refractivity contribution in [2.75, 3.05) is 31.6 Å². The number of amidine groups is 1. The van der Waals surface area contributed by atoms with E-state index in [9.17, 15) is 0 Å². The summed E-state index contributed by atoms with van der Waals surface area (Å²) in [6.07, 6.45) is -0.0199. The minimum atomic E-state index is -1.82. The van der Waals surface area contributed by atoms with Crippen LogP contribution in [0.3, 0.4) is 0 Å². The maximum atomic E-state index is 9.10. The van der Waals surface area contributed by atoms with Crippen LogP contribution in [0.4, 0.5) is 5.69 Å². The summed E-state index contributed by atoms with van der Waals surface area (Å²) in [5.41, 5.74) is 1.07. The van der Waals surface area contributed by atoms with Crippen LogP contribution in [0.25, 0.3) is 0 Å². The second kappa shape index (κ2) is 7.19. The van der Waals surface area contributed by atoms with E-state index in [1.165, 1.54) is 0 Å². The van der Waals surface area contributed by atoms with E-state index < -0.39 is 11.9 Å². The van der Waals surface area contributed by atoms with Gasteiger partial charge in [0.15, 0.2) is 6.10 Å². The smallest absolute Gasteiger partial charge is 0.414 e. The topological polar surface area (TPSA) is 111 Å². The zero-order chi connectivity index (χ0) is 17.0. The van der Waals surface area contributed by atoms with E-state index >= 15 is 0 Å². The van der Waals surface area contributed by atoms with Gasteiger partial charge in [0.1, 0.15) is 11.6 Å². The Labute approximate surface area is 137 Å². The number of likely N-dealkylation sites (N-methyl/N-ethyl adjacent to an activating group) is 1. The molecule has 1 unspecified atom stereocenters. The number of halogens is 1. The summed E-state index contributed by atoms with van der Waals surface area (Å²) in [4.78, 5) is 24.8. The number of carboxylic acid groups (broad SMARTS) is 2. The third kappa shape index (κ3) is 4.26. The summed E-state index contributed by atoms with van der Waals surface area (Å²) < 4.78 is 5.95. The molecule has 0 radical (unpaired) electrons. The molecular formula is C14H16ClN3O5. The molecule has 8 nitrogen and oxygen atoms in total. The fraction of sp³-hybridized carbons (Fsp3) is 0.357. The lowest BCUT2D eigenvalue weighted by atomic mass is 10.2. The number of fused-ring (bicyclic) bond motifs is 1. The number of anilines is 1. The lowest BCUT2D eigenvalue weighted by molar-refractivity contribution is -0.159. The van der Waals surface area contributed by atoms with Crippen LogP contribution in [0.1, 0.15) is 0 Å². The van der Waals surface area contributed by atoms with Crippen LogP contribution in [0.2, 0.25) is 5.02 Å². The van der Waals surface area contributed by atoms with E-state index in [1.54, 1.807) is 0 Å². The highest BCUT2D eigenvalue weighted by molar-refractivity contribution is 6.30. The van der Waals surface area contributed by atoms with Gasteiger partial charge >= 0.3 is 11.9 Å². The Morgan fingerprint density at radius 1 is 1.39 bits per heavy atom. The molecule has 1 atom stereocenters. The number of carbonyl (C=O) groups is 2. The number of carboxylic acids is 2. The van der Waals surface area contributed by atoms with Crippen molar-refractivity contribution in [2.24, 2.45) is 4.99 Å². The van der Waals surface area contributed by atoms with Crippen LogP contribution in [0.5, 0.6) is 5.75 Å². The predicted molar refractivity (Wildman–Crippen MR) is 84.7 cm³/mol. The minimum absolute atomic E-state index is 0.0199. The number of benzene rings is 1. The Hall–Kier alpha value is -2.48. The van der Waals surface area contributed by atoms with Crippen molar-refractivity contribution in [2.45, 2.75) is 6.10 Å². The molecule has 9 heteroatoms. The molecular weight excluding hydrogens is 326 g/mol. The van der Waals surface area contributed by atoms with Gasteiger partial charge in [-0.05, 0) is 12.1 Å². The number of rotatable bonds is 1. The summed E-state index contributed by atoms with van der Waals surface area (Å²) in [6, 6.07) is 5.72. The second-order valence-corrected chi connectivity index (χ2v) is 5.34. The van der Waals surface area contributed by atoms with Gasteiger partial charge in [0, 0.05) is 24.7 Å². The zero-order valence-electron chi connectivity index (χ0n) is 12.3. The Kier molecular flexibility index (Phi) is 5.28. The number of aliphatic imine (C=N–C) groups is 1. The molecule has 23 heavy (non-hydrogen) atoms. The van der Waals surface area contributed by atoms with Gasteiger partial charge in [-0.2, -0.15) is 0 Å². The Morgan fingerprint density at radius 2 is 2.09 bits per heavy atom. The molecule has 0 bridgehead atoms. The Morgan fingerprint density at radius 3 is 2.65 bits per heavy atom. The summed E-state index contributed by atoms with van der Waals surface area (Å²) in [6.45, 7) is 2.54. The zero-order valence-corrected chi connectivity index (χ0v) is 13.1. The van der Waals surface area contributed by atoms with Gasteiger partial charge in [-0.15, -0.1) is 0 Å². The first-order chi connectivity index (χ1) is 10.9. The van der Waals surface area contributed by atoms with Gasteiger partial charge in [-0.3, -0.25) is 4.99 Å². The lowest BCUT2D eigenvalue weighted by Crippen LogP contribution is -2.46. The van der Waals surface area contributed by atoms with E-state index in [0.717, 1.165) is 36.9 Å². The monoisotopic (exact) mass is 341 g/mol. The highest BCUT2D eigenvalue weighted by Gasteiger charge is 2.28. The largest absolute Gasteiger partial charge is 0.478 e. The lowest BCUT2D eigenvalue weighted by Gasteiger charge is -2.33. The molecule has 3 N–H and O–H groups in total. The third-order valence-corrected chi connectivity index (χ3v) is 3.47. The predicted octanol–water partition coefficient (Wildman–Crippen LogP) is 0.694. The molecule has 0 amide bonds. The first-order valence-electron chi connectivity index (χ1n) is 6.80. The highest BCUT2D eigenvalue weighted by atomic mass is 35.5. The van der Waals surface area contributed by atoms with Crippen molar-refractivity contribution in [3.8, 4) is 5.75 Å². The third-order valence-electron chi connectivity index (χ3n) is 3.23. The van der Waals surface area contributed by atoms with Crippen LogP contribution >= 0.6 is 11.6 Å². The Bertz CT molecular complexity index is 637. The maximum absolute atomic E-state index is 9.10. The van der Waals surface area contributed by atoms with Crippen molar-refractivity contribution >= 4 is 35.1 Å². The van der Waals surface area contributed by atoms with Gasteiger partial charge in [0.05, 0.1) is 18.8 Å². The molecule has 0 aliphatic carbocycles. The Balaban J connectivity index is 0.000000277. The van der Waals surface area contributed by atoms with Gasteiger partial charge < -0.3 is 25.2 Å². The van der Waals surface area contributed by atoms with Crippen molar-refractivity contribution in [1.82, 2.24) is 5.32 Å². The van der Waals surface area contributed by atoms with Crippen molar-refractivity contribution < 1.29 is 24.5 Å². The van der Waals surface area contributed by atoms with Crippen LogP contribution in [0, 0.1) is 0 Å². The molecule has 2 aliphatic heterocycles. The normalized spacial score (nSPS) is 18.6. The fourth-order valence-corrected chi connectivity index (χ4v) is 2.37. The molecule has 0 saturated carbocycles. The quantitative estimate of drug-likeness (QED) is 0.644. The van der Waals surface area contributed by atoms with Crippen LogP contribution in [-0.2, 0) is 9.59 Å². The SMILES string of the molecule is CN1CC(C2=NCCN2)Oc2cc(Cl)ccc21.O=C(O)C(=O)O. The number of nitrogens with zero attached hydrogens (tertiary/aromatic N) is 2. The standard InChI is InChI=1S/C12H14ClN3O.C2H2O4/c1-16-7-11(12-14-4-5-15-12)17-10-6-8(13)2-3-9(10)16;3-1(4)2(5)6/h2-3,6,11H,4-5,7H2,1H3,(H,14,15);(H,3,4)(H,5,6). The average molecular weight is 342 g/mol. The second-order valence-electron chi connectivity index (χ2n) is 4.90.